The molecule has 1 aromatic rings. The summed E-state index contributed by atoms with van der Waals surface area (Å²) in [5, 5.41) is 3.17. The zero-order valence-corrected chi connectivity index (χ0v) is 11.9. The third-order valence-electron chi connectivity index (χ3n) is 3.76. The second kappa shape index (κ2) is 6.47. The Morgan fingerprint density at radius 3 is 2.33 bits per heavy atom. The Bertz CT molecular complexity index is 479. The SMILES string of the molecule is C[C@H](CC(=O)N1CCNCC1)c1ccc(C(F)(F)F)cc1. The van der Waals surface area contributed by atoms with Crippen LogP contribution < -0.4 is 5.32 Å². The molecule has 0 unspecified atom stereocenters. The van der Waals surface area contributed by atoms with Crippen LogP contribution in [0.1, 0.15) is 30.4 Å². The highest BCUT2D eigenvalue weighted by molar-refractivity contribution is 5.77. The van der Waals surface area contributed by atoms with Gasteiger partial charge in [0.15, 0.2) is 0 Å². The Morgan fingerprint density at radius 1 is 1.24 bits per heavy atom. The molecule has 1 heterocycles. The number of rotatable bonds is 3. The number of benzene rings is 1. The van der Waals surface area contributed by atoms with Gasteiger partial charge in [-0.3, -0.25) is 4.79 Å². The molecule has 1 atom stereocenters. The standard InChI is InChI=1S/C15H19F3N2O/c1-11(10-14(21)20-8-6-19-7-9-20)12-2-4-13(5-3-12)15(16,17)18/h2-5,11,19H,6-10H2,1H3/t11-/m1/s1. The maximum Gasteiger partial charge on any atom is 0.416 e. The third-order valence-corrected chi connectivity index (χ3v) is 3.76. The Balaban J connectivity index is 1.96. The van der Waals surface area contributed by atoms with Crippen LogP contribution in [0.4, 0.5) is 13.2 Å². The fourth-order valence-electron chi connectivity index (χ4n) is 2.42. The zero-order valence-electron chi connectivity index (χ0n) is 11.9. The van der Waals surface area contributed by atoms with E-state index in [9.17, 15) is 18.0 Å². The molecule has 0 spiro atoms. The minimum atomic E-state index is -4.32. The molecule has 1 aliphatic heterocycles. The highest BCUT2D eigenvalue weighted by Crippen LogP contribution is 2.30. The first-order chi connectivity index (χ1) is 9.88. The molecule has 0 aromatic heterocycles. The predicted octanol–water partition coefficient (Wildman–Crippen LogP) is 2.63. The van der Waals surface area contributed by atoms with Crippen LogP contribution in [0, 0.1) is 0 Å². The summed E-state index contributed by atoms with van der Waals surface area (Å²) in [5.41, 5.74) is 0.0957. The first-order valence-electron chi connectivity index (χ1n) is 7.03. The number of hydrogen-bond acceptors (Lipinski definition) is 2. The quantitative estimate of drug-likeness (QED) is 0.930. The van der Waals surface area contributed by atoms with Crippen molar-refractivity contribution < 1.29 is 18.0 Å². The average Bonchev–Trinajstić information content (AvgIpc) is 2.47. The van der Waals surface area contributed by atoms with E-state index in [1.54, 1.807) is 4.90 Å². The topological polar surface area (TPSA) is 32.3 Å². The van der Waals surface area contributed by atoms with Crippen molar-refractivity contribution in [1.29, 1.82) is 0 Å². The highest BCUT2D eigenvalue weighted by Gasteiger charge is 2.30. The van der Waals surface area contributed by atoms with E-state index in [2.05, 4.69) is 5.32 Å². The summed E-state index contributed by atoms with van der Waals surface area (Å²) in [5.74, 6) is -0.0291. The molecule has 0 bridgehead atoms. The lowest BCUT2D eigenvalue weighted by Crippen LogP contribution is -2.46. The van der Waals surface area contributed by atoms with Crippen molar-refractivity contribution in [3.8, 4) is 0 Å². The number of nitrogens with zero attached hydrogens (tertiary/aromatic N) is 1. The molecule has 116 valence electrons. The van der Waals surface area contributed by atoms with E-state index in [0.717, 1.165) is 30.8 Å². The molecule has 1 aliphatic rings. The first-order valence-corrected chi connectivity index (χ1v) is 7.03. The summed E-state index contributed by atoms with van der Waals surface area (Å²) >= 11 is 0. The second-order valence-electron chi connectivity index (χ2n) is 5.36. The van der Waals surface area contributed by atoms with E-state index in [4.69, 9.17) is 0 Å². The van der Waals surface area contributed by atoms with Crippen molar-refractivity contribution in [2.24, 2.45) is 0 Å². The highest BCUT2D eigenvalue weighted by atomic mass is 19.4. The van der Waals surface area contributed by atoms with Gasteiger partial charge in [0, 0.05) is 32.6 Å². The number of carbonyl (C=O) groups excluding carboxylic acids is 1. The first kappa shape index (κ1) is 15.8. The van der Waals surface area contributed by atoms with Crippen LogP contribution in [0.5, 0.6) is 0 Å². The molecule has 21 heavy (non-hydrogen) atoms. The van der Waals surface area contributed by atoms with E-state index in [1.165, 1.54) is 12.1 Å². The molecule has 1 saturated heterocycles. The molecule has 0 aliphatic carbocycles. The van der Waals surface area contributed by atoms with Crippen molar-refractivity contribution in [2.75, 3.05) is 26.2 Å². The fourth-order valence-corrected chi connectivity index (χ4v) is 2.42. The number of alkyl halides is 3. The maximum absolute atomic E-state index is 12.5. The van der Waals surface area contributed by atoms with E-state index in [-0.39, 0.29) is 11.8 Å². The molecule has 2 rings (SSSR count). The summed E-state index contributed by atoms with van der Waals surface area (Å²) in [6.07, 6.45) is -4.00. The largest absolute Gasteiger partial charge is 0.416 e. The molecule has 1 amide bonds. The van der Waals surface area contributed by atoms with Crippen LogP contribution in [0.15, 0.2) is 24.3 Å². The van der Waals surface area contributed by atoms with Gasteiger partial charge in [0.2, 0.25) is 5.91 Å². The van der Waals surface area contributed by atoms with Crippen molar-refractivity contribution in [3.05, 3.63) is 35.4 Å². The van der Waals surface area contributed by atoms with Crippen molar-refractivity contribution >= 4 is 5.91 Å². The number of hydrogen-bond donors (Lipinski definition) is 1. The molecule has 6 heteroatoms. The average molecular weight is 300 g/mol. The van der Waals surface area contributed by atoms with Gasteiger partial charge in [-0.05, 0) is 23.6 Å². The Morgan fingerprint density at radius 2 is 1.81 bits per heavy atom. The van der Waals surface area contributed by atoms with Gasteiger partial charge in [0.05, 0.1) is 5.56 Å². The van der Waals surface area contributed by atoms with Gasteiger partial charge in [-0.2, -0.15) is 13.2 Å². The van der Waals surface area contributed by atoms with Gasteiger partial charge < -0.3 is 10.2 Å². The van der Waals surface area contributed by atoms with Gasteiger partial charge in [-0.15, -0.1) is 0 Å². The van der Waals surface area contributed by atoms with Crippen LogP contribution in [0.25, 0.3) is 0 Å². The Kier molecular flexibility index (Phi) is 4.88. The van der Waals surface area contributed by atoms with E-state index in [0.29, 0.717) is 19.5 Å². The van der Waals surface area contributed by atoms with Crippen molar-refractivity contribution in [3.63, 3.8) is 0 Å². The minimum Gasteiger partial charge on any atom is -0.340 e. The summed E-state index contributed by atoms with van der Waals surface area (Å²) in [6.45, 7) is 4.83. The van der Waals surface area contributed by atoms with Crippen molar-refractivity contribution in [2.45, 2.75) is 25.4 Å². The maximum atomic E-state index is 12.5. The number of halogens is 3. The molecular formula is C15H19F3N2O. The van der Waals surface area contributed by atoms with Crippen LogP contribution in [0.2, 0.25) is 0 Å². The summed E-state index contributed by atoms with van der Waals surface area (Å²) < 4.78 is 37.5. The van der Waals surface area contributed by atoms with Crippen LogP contribution in [0.3, 0.4) is 0 Å². The summed E-state index contributed by atoms with van der Waals surface area (Å²) in [6, 6.07) is 5.05. The number of piperazine rings is 1. The lowest BCUT2D eigenvalue weighted by molar-refractivity contribution is -0.137. The Hall–Kier alpha value is -1.56. The Labute approximate surface area is 122 Å². The van der Waals surface area contributed by atoms with E-state index >= 15 is 0 Å². The van der Waals surface area contributed by atoms with E-state index in [1.807, 2.05) is 6.92 Å². The molecular weight excluding hydrogens is 281 g/mol. The molecule has 1 N–H and O–H groups in total. The number of carbonyl (C=O) groups is 1. The van der Waals surface area contributed by atoms with Gasteiger partial charge in [0.1, 0.15) is 0 Å². The van der Waals surface area contributed by atoms with Crippen LogP contribution in [-0.2, 0) is 11.0 Å². The lowest BCUT2D eigenvalue weighted by Gasteiger charge is -2.28. The smallest absolute Gasteiger partial charge is 0.340 e. The molecule has 0 saturated carbocycles. The van der Waals surface area contributed by atoms with Gasteiger partial charge in [-0.1, -0.05) is 19.1 Å². The van der Waals surface area contributed by atoms with Crippen LogP contribution in [-0.4, -0.2) is 37.0 Å². The number of amides is 1. The molecule has 0 radical (unpaired) electrons. The van der Waals surface area contributed by atoms with Gasteiger partial charge in [0.25, 0.3) is 0 Å². The van der Waals surface area contributed by atoms with Crippen molar-refractivity contribution in [1.82, 2.24) is 10.2 Å². The second-order valence-corrected chi connectivity index (χ2v) is 5.36. The molecule has 1 aromatic carbocycles. The lowest BCUT2D eigenvalue weighted by atomic mass is 9.96. The van der Waals surface area contributed by atoms with Gasteiger partial charge >= 0.3 is 6.18 Å². The zero-order chi connectivity index (χ0) is 15.5. The summed E-state index contributed by atoms with van der Waals surface area (Å²) in [4.78, 5) is 13.9. The minimum absolute atomic E-state index is 0.0592. The summed E-state index contributed by atoms with van der Waals surface area (Å²) in [7, 11) is 0. The normalized spacial score (nSPS) is 17.6. The monoisotopic (exact) mass is 300 g/mol. The fraction of sp³-hybridized carbons (Fsp3) is 0.533. The third kappa shape index (κ3) is 4.20. The van der Waals surface area contributed by atoms with E-state index < -0.39 is 11.7 Å². The predicted molar refractivity (Wildman–Crippen MR) is 73.9 cm³/mol. The number of nitrogens with one attached hydrogen (secondary N) is 1. The molecule has 3 nitrogen and oxygen atoms in total. The van der Waals surface area contributed by atoms with Gasteiger partial charge in [-0.25, -0.2) is 0 Å². The van der Waals surface area contributed by atoms with Crippen LogP contribution >= 0.6 is 0 Å². The molecule has 1 fully saturated rings.